The second-order valence-corrected chi connectivity index (χ2v) is 6.83. The van der Waals surface area contributed by atoms with Gasteiger partial charge in [-0.3, -0.25) is 10.1 Å². The zero-order valence-electron chi connectivity index (χ0n) is 12.9. The van der Waals surface area contributed by atoms with Crippen LogP contribution in [-0.4, -0.2) is 18.1 Å². The Morgan fingerprint density at radius 2 is 2.04 bits per heavy atom. The fourth-order valence-corrected chi connectivity index (χ4v) is 3.84. The molecule has 0 saturated heterocycles. The molecular weight excluding hydrogens is 383 g/mol. The van der Waals surface area contributed by atoms with Crippen LogP contribution in [-0.2, 0) is 0 Å². The Labute approximate surface area is 157 Å². The molecule has 0 spiro atoms. The number of hydrogen-bond acceptors (Lipinski definition) is 4. The van der Waals surface area contributed by atoms with Gasteiger partial charge < -0.3 is 10.1 Å². The molecule has 0 atom stereocenters. The van der Waals surface area contributed by atoms with Crippen LogP contribution in [0.5, 0.6) is 5.75 Å². The Bertz CT molecular complexity index is 974. The summed E-state index contributed by atoms with van der Waals surface area (Å²) in [6.07, 6.45) is 0. The van der Waals surface area contributed by atoms with Gasteiger partial charge in [-0.15, -0.1) is 11.3 Å². The molecule has 0 aliphatic carbocycles. The maximum Gasteiger partial charge on any atom is 0.269 e. The van der Waals surface area contributed by atoms with Gasteiger partial charge in [-0.2, -0.15) is 0 Å². The molecule has 2 N–H and O–H groups in total. The van der Waals surface area contributed by atoms with Crippen molar-refractivity contribution in [2.45, 2.75) is 0 Å². The highest BCUT2D eigenvalue weighted by molar-refractivity contribution is 7.80. The first-order chi connectivity index (χ1) is 12.0. The molecule has 0 unspecified atom stereocenters. The van der Waals surface area contributed by atoms with E-state index in [-0.39, 0.29) is 10.8 Å². The fraction of sp³-hybridized carbons (Fsp3) is 0.0588. The van der Waals surface area contributed by atoms with Gasteiger partial charge in [0.1, 0.15) is 16.4 Å². The lowest BCUT2D eigenvalue weighted by Gasteiger charge is -2.09. The van der Waals surface area contributed by atoms with Crippen molar-refractivity contribution in [2.24, 2.45) is 0 Å². The lowest BCUT2D eigenvalue weighted by atomic mass is 10.2. The van der Waals surface area contributed by atoms with E-state index in [4.69, 9.17) is 28.6 Å². The third-order valence-electron chi connectivity index (χ3n) is 3.39. The van der Waals surface area contributed by atoms with Gasteiger partial charge in [0.15, 0.2) is 5.11 Å². The van der Waals surface area contributed by atoms with Gasteiger partial charge in [0.05, 0.1) is 17.8 Å². The van der Waals surface area contributed by atoms with Gasteiger partial charge in [-0.1, -0.05) is 23.7 Å². The predicted molar refractivity (Wildman–Crippen MR) is 103 cm³/mol. The molecule has 4 nitrogen and oxygen atoms in total. The first kappa shape index (κ1) is 17.6. The van der Waals surface area contributed by atoms with Crippen LogP contribution in [0.25, 0.3) is 10.1 Å². The summed E-state index contributed by atoms with van der Waals surface area (Å²) >= 11 is 12.6. The summed E-state index contributed by atoms with van der Waals surface area (Å²) < 4.78 is 19.6. The molecule has 0 aliphatic heterocycles. The molecule has 3 rings (SSSR count). The maximum atomic E-state index is 13.6. The number of fused-ring (bicyclic) bond motifs is 1. The molecule has 1 aromatic heterocycles. The minimum Gasteiger partial charge on any atom is -0.497 e. The molecule has 1 amide bonds. The monoisotopic (exact) mass is 394 g/mol. The number of nitrogens with one attached hydrogen (secondary N) is 2. The molecule has 25 heavy (non-hydrogen) atoms. The van der Waals surface area contributed by atoms with Crippen LogP contribution in [0.4, 0.5) is 10.1 Å². The number of methoxy groups -OCH3 is 1. The number of thiophene rings is 1. The molecule has 8 heteroatoms. The molecule has 0 saturated carbocycles. The molecule has 0 radical (unpaired) electrons. The Kier molecular flexibility index (Phi) is 5.17. The van der Waals surface area contributed by atoms with Crippen molar-refractivity contribution in [1.29, 1.82) is 0 Å². The number of carbonyl (C=O) groups excluding carboxylic acids is 1. The standard InChI is InChI=1S/C17H12ClFN2O2S2/c1-23-9-6-7-10-13(8-9)25-15(14(10)18)16(22)21-17(24)20-12-5-3-2-4-11(12)19/h2-8H,1H3,(H2,20,21,22,24). The van der Waals surface area contributed by atoms with Crippen molar-refractivity contribution in [3.05, 3.63) is 58.2 Å². The summed E-state index contributed by atoms with van der Waals surface area (Å²) in [6.45, 7) is 0. The Morgan fingerprint density at radius 3 is 2.76 bits per heavy atom. The summed E-state index contributed by atoms with van der Waals surface area (Å²) in [5.41, 5.74) is 0.181. The number of ether oxygens (including phenoxy) is 1. The van der Waals surface area contributed by atoms with Crippen LogP contribution in [0.1, 0.15) is 9.67 Å². The van der Waals surface area contributed by atoms with Gasteiger partial charge in [0.2, 0.25) is 0 Å². The van der Waals surface area contributed by atoms with Crippen LogP contribution in [0.15, 0.2) is 42.5 Å². The SMILES string of the molecule is COc1ccc2c(Cl)c(C(=O)NC(=S)Nc3ccccc3F)sc2c1. The van der Waals surface area contributed by atoms with Crippen molar-refractivity contribution < 1.29 is 13.9 Å². The number of para-hydroxylation sites is 1. The minimum atomic E-state index is -0.467. The van der Waals surface area contributed by atoms with Crippen molar-refractivity contribution in [2.75, 3.05) is 12.4 Å². The van der Waals surface area contributed by atoms with Crippen LogP contribution < -0.4 is 15.4 Å². The first-order valence-electron chi connectivity index (χ1n) is 7.12. The smallest absolute Gasteiger partial charge is 0.269 e. The third kappa shape index (κ3) is 3.73. The van der Waals surface area contributed by atoms with Crippen molar-refractivity contribution in [3.63, 3.8) is 0 Å². The molecular formula is C17H12ClFN2O2S2. The molecule has 0 aliphatic rings. The normalized spacial score (nSPS) is 10.5. The quantitative estimate of drug-likeness (QED) is 0.625. The van der Waals surface area contributed by atoms with Gasteiger partial charge in [0.25, 0.3) is 5.91 Å². The van der Waals surface area contributed by atoms with E-state index in [0.717, 1.165) is 10.1 Å². The Morgan fingerprint density at radius 1 is 1.28 bits per heavy atom. The van der Waals surface area contributed by atoms with Crippen molar-refractivity contribution in [1.82, 2.24) is 5.32 Å². The van der Waals surface area contributed by atoms with E-state index in [1.165, 1.54) is 23.5 Å². The number of benzene rings is 2. The third-order valence-corrected chi connectivity index (χ3v) is 5.25. The zero-order valence-corrected chi connectivity index (χ0v) is 15.3. The molecule has 1 heterocycles. The van der Waals surface area contributed by atoms with Crippen LogP contribution in [0.2, 0.25) is 5.02 Å². The topological polar surface area (TPSA) is 50.4 Å². The molecule has 2 aromatic carbocycles. The average molecular weight is 395 g/mol. The summed E-state index contributed by atoms with van der Waals surface area (Å²) in [5, 5.41) is 6.24. The van der Waals surface area contributed by atoms with Gasteiger partial charge in [-0.05, 0) is 42.5 Å². The number of amides is 1. The lowest BCUT2D eigenvalue weighted by molar-refractivity contribution is 0.0982. The number of anilines is 1. The van der Waals surface area contributed by atoms with E-state index in [1.807, 2.05) is 0 Å². The van der Waals surface area contributed by atoms with Gasteiger partial charge in [0, 0.05) is 10.1 Å². The summed E-state index contributed by atoms with van der Waals surface area (Å²) in [6, 6.07) is 11.4. The van der Waals surface area contributed by atoms with E-state index in [2.05, 4.69) is 10.6 Å². The van der Waals surface area contributed by atoms with E-state index in [9.17, 15) is 9.18 Å². The zero-order chi connectivity index (χ0) is 18.0. The molecule has 3 aromatic rings. The summed E-state index contributed by atoms with van der Waals surface area (Å²) in [4.78, 5) is 12.8. The highest BCUT2D eigenvalue weighted by atomic mass is 35.5. The van der Waals surface area contributed by atoms with Gasteiger partial charge >= 0.3 is 0 Å². The van der Waals surface area contributed by atoms with E-state index in [1.54, 1.807) is 37.4 Å². The largest absolute Gasteiger partial charge is 0.497 e. The molecule has 0 bridgehead atoms. The number of thiocarbonyl (C=S) groups is 1. The fourth-order valence-electron chi connectivity index (χ4n) is 2.19. The number of halogens is 2. The lowest BCUT2D eigenvalue weighted by Crippen LogP contribution is -2.34. The maximum absolute atomic E-state index is 13.6. The highest BCUT2D eigenvalue weighted by Gasteiger charge is 2.18. The molecule has 128 valence electrons. The number of hydrogen-bond donors (Lipinski definition) is 2. The van der Waals surface area contributed by atoms with Crippen LogP contribution >= 0.6 is 35.2 Å². The Hall–Kier alpha value is -2.22. The van der Waals surface area contributed by atoms with Crippen LogP contribution in [0, 0.1) is 5.82 Å². The second-order valence-electron chi connectivity index (χ2n) is 5.00. The summed E-state index contributed by atoms with van der Waals surface area (Å²) in [5.74, 6) is -0.251. The van der Waals surface area contributed by atoms with E-state index >= 15 is 0 Å². The highest BCUT2D eigenvalue weighted by Crippen LogP contribution is 2.37. The van der Waals surface area contributed by atoms with Crippen molar-refractivity contribution in [3.8, 4) is 5.75 Å². The number of rotatable bonds is 3. The van der Waals surface area contributed by atoms with Crippen molar-refractivity contribution >= 4 is 61.9 Å². The second kappa shape index (κ2) is 7.35. The van der Waals surface area contributed by atoms with E-state index < -0.39 is 11.7 Å². The summed E-state index contributed by atoms with van der Waals surface area (Å²) in [7, 11) is 1.57. The average Bonchev–Trinajstić information content (AvgIpc) is 2.93. The first-order valence-corrected chi connectivity index (χ1v) is 8.72. The predicted octanol–water partition coefficient (Wildman–Crippen LogP) is 4.83. The number of carbonyl (C=O) groups is 1. The Balaban J connectivity index is 1.79. The van der Waals surface area contributed by atoms with Gasteiger partial charge in [-0.25, -0.2) is 4.39 Å². The van der Waals surface area contributed by atoms with E-state index in [0.29, 0.717) is 15.6 Å². The minimum absolute atomic E-state index is 0.0128. The molecule has 0 fully saturated rings. The van der Waals surface area contributed by atoms with Crippen LogP contribution in [0.3, 0.4) is 0 Å².